The summed E-state index contributed by atoms with van der Waals surface area (Å²) in [5.74, 6) is 1.47. The van der Waals surface area contributed by atoms with E-state index >= 15 is 0 Å². The van der Waals surface area contributed by atoms with Gasteiger partial charge >= 0.3 is 0 Å². The number of nitrogens with one attached hydrogen (secondary N) is 2. The molecule has 1 fully saturated rings. The smallest absolute Gasteiger partial charge is 0.191 e. The molecule has 1 saturated heterocycles. The second kappa shape index (κ2) is 10.4. The van der Waals surface area contributed by atoms with E-state index in [0.29, 0.717) is 12.0 Å². The van der Waals surface area contributed by atoms with Crippen LogP contribution in [-0.2, 0) is 6.42 Å². The Kier molecular flexibility index (Phi) is 7.66. The summed E-state index contributed by atoms with van der Waals surface area (Å²) in [6.07, 6.45) is 5.24. The summed E-state index contributed by atoms with van der Waals surface area (Å²) in [6.45, 7) is 5.84. The van der Waals surface area contributed by atoms with Gasteiger partial charge in [-0.2, -0.15) is 0 Å². The lowest BCUT2D eigenvalue weighted by Gasteiger charge is -2.38. The molecule has 146 valence electrons. The SMILES string of the molecule is CCNC(=NCC1CCCN(C)C1c1cccs1)NCCc1ccccn1. The molecular weight excluding hydrogens is 354 g/mol. The Morgan fingerprint density at radius 3 is 2.96 bits per heavy atom. The van der Waals surface area contributed by atoms with Gasteiger partial charge in [-0.3, -0.25) is 14.9 Å². The van der Waals surface area contributed by atoms with E-state index in [9.17, 15) is 0 Å². The largest absolute Gasteiger partial charge is 0.357 e. The fourth-order valence-electron chi connectivity index (χ4n) is 3.77. The Hall–Kier alpha value is -1.92. The first kappa shape index (κ1) is 19.8. The molecule has 3 heterocycles. The van der Waals surface area contributed by atoms with Crippen LogP contribution in [0.15, 0.2) is 46.9 Å². The van der Waals surface area contributed by atoms with Crippen molar-refractivity contribution < 1.29 is 0 Å². The molecule has 6 heteroatoms. The molecule has 0 radical (unpaired) electrons. The minimum atomic E-state index is 0.485. The van der Waals surface area contributed by atoms with Crippen LogP contribution in [0.5, 0.6) is 0 Å². The lowest BCUT2D eigenvalue weighted by molar-refractivity contribution is 0.128. The predicted molar refractivity (Wildman–Crippen MR) is 114 cm³/mol. The third-order valence-corrected chi connectivity index (χ3v) is 6.01. The number of nitrogens with zero attached hydrogens (tertiary/aromatic N) is 3. The zero-order valence-electron chi connectivity index (χ0n) is 16.4. The number of aromatic nitrogens is 1. The Morgan fingerprint density at radius 1 is 1.30 bits per heavy atom. The van der Waals surface area contributed by atoms with Crippen molar-refractivity contribution in [2.45, 2.75) is 32.2 Å². The molecule has 0 aromatic carbocycles. The van der Waals surface area contributed by atoms with E-state index in [1.165, 1.54) is 24.3 Å². The van der Waals surface area contributed by atoms with Gasteiger partial charge in [-0.15, -0.1) is 11.3 Å². The van der Waals surface area contributed by atoms with Gasteiger partial charge in [-0.05, 0) is 62.9 Å². The molecule has 0 aliphatic carbocycles. The van der Waals surface area contributed by atoms with Crippen molar-refractivity contribution in [1.82, 2.24) is 20.5 Å². The van der Waals surface area contributed by atoms with Crippen molar-refractivity contribution in [2.24, 2.45) is 10.9 Å². The number of aliphatic imine (C=N–C) groups is 1. The summed E-state index contributed by atoms with van der Waals surface area (Å²) in [7, 11) is 2.25. The maximum absolute atomic E-state index is 4.91. The molecule has 2 N–H and O–H groups in total. The number of thiophene rings is 1. The van der Waals surface area contributed by atoms with Gasteiger partial charge in [-0.25, -0.2) is 0 Å². The van der Waals surface area contributed by atoms with E-state index < -0.39 is 0 Å². The fraction of sp³-hybridized carbons (Fsp3) is 0.524. The normalized spacial score (nSPS) is 21.2. The molecule has 2 aromatic rings. The molecule has 27 heavy (non-hydrogen) atoms. The maximum Gasteiger partial charge on any atom is 0.191 e. The minimum absolute atomic E-state index is 0.485. The molecule has 2 aromatic heterocycles. The summed E-state index contributed by atoms with van der Waals surface area (Å²) in [5, 5.41) is 9.02. The molecular formula is C21H31N5S. The molecule has 3 rings (SSSR count). The fourth-order valence-corrected chi connectivity index (χ4v) is 4.75. The number of rotatable bonds is 7. The number of pyridine rings is 1. The van der Waals surface area contributed by atoms with E-state index in [1.54, 1.807) is 0 Å². The van der Waals surface area contributed by atoms with Gasteiger partial charge in [0.1, 0.15) is 0 Å². The second-order valence-electron chi connectivity index (χ2n) is 7.06. The summed E-state index contributed by atoms with van der Waals surface area (Å²) < 4.78 is 0. The molecule has 5 nitrogen and oxygen atoms in total. The highest BCUT2D eigenvalue weighted by Gasteiger charge is 2.31. The van der Waals surface area contributed by atoms with Crippen LogP contribution >= 0.6 is 11.3 Å². The minimum Gasteiger partial charge on any atom is -0.357 e. The van der Waals surface area contributed by atoms with E-state index in [1.807, 2.05) is 29.7 Å². The van der Waals surface area contributed by atoms with E-state index in [4.69, 9.17) is 4.99 Å². The Bertz CT molecular complexity index is 686. The molecule has 1 aliphatic heterocycles. The molecule has 0 spiro atoms. The van der Waals surface area contributed by atoms with E-state index in [-0.39, 0.29) is 0 Å². The number of likely N-dealkylation sites (tertiary alicyclic amines) is 1. The zero-order chi connectivity index (χ0) is 18.9. The van der Waals surface area contributed by atoms with Crippen LogP contribution in [0.4, 0.5) is 0 Å². The number of guanidine groups is 1. The highest BCUT2D eigenvalue weighted by molar-refractivity contribution is 7.10. The third-order valence-electron chi connectivity index (χ3n) is 5.07. The summed E-state index contributed by atoms with van der Waals surface area (Å²) in [5.41, 5.74) is 1.10. The summed E-state index contributed by atoms with van der Waals surface area (Å²) in [4.78, 5) is 13.3. The van der Waals surface area contributed by atoms with Crippen LogP contribution in [0, 0.1) is 5.92 Å². The molecule has 1 aliphatic rings. The summed E-state index contributed by atoms with van der Waals surface area (Å²) >= 11 is 1.86. The number of hydrogen-bond acceptors (Lipinski definition) is 4. The summed E-state index contributed by atoms with van der Waals surface area (Å²) in [6, 6.07) is 11.0. The van der Waals surface area contributed by atoms with Crippen molar-refractivity contribution in [2.75, 3.05) is 33.2 Å². The molecule has 0 bridgehead atoms. The van der Waals surface area contributed by atoms with Crippen LogP contribution in [0.3, 0.4) is 0 Å². The van der Waals surface area contributed by atoms with Gasteiger partial charge in [0.2, 0.25) is 0 Å². The van der Waals surface area contributed by atoms with Gasteiger partial charge in [0.05, 0.1) is 0 Å². The highest BCUT2D eigenvalue weighted by atomic mass is 32.1. The van der Waals surface area contributed by atoms with Crippen molar-refractivity contribution in [3.8, 4) is 0 Å². The maximum atomic E-state index is 4.91. The van der Waals surface area contributed by atoms with Gasteiger partial charge in [0.15, 0.2) is 5.96 Å². The monoisotopic (exact) mass is 385 g/mol. The number of piperidine rings is 1. The molecule has 2 atom stereocenters. The standard InChI is InChI=1S/C21H31N5S/c1-3-22-21(24-13-11-18-9-4-5-12-23-18)25-16-17-8-6-14-26(2)20(17)19-10-7-15-27-19/h4-5,7,9-10,12,15,17,20H,3,6,8,11,13-14,16H2,1-2H3,(H2,22,24,25). The van der Waals surface area contributed by atoms with Gasteiger partial charge in [0.25, 0.3) is 0 Å². The van der Waals surface area contributed by atoms with Crippen LogP contribution in [0.25, 0.3) is 0 Å². The van der Waals surface area contributed by atoms with Crippen LogP contribution in [-0.4, -0.2) is 49.1 Å². The van der Waals surface area contributed by atoms with Crippen molar-refractivity contribution >= 4 is 17.3 Å². The Balaban J connectivity index is 1.59. The van der Waals surface area contributed by atoms with Gasteiger partial charge in [0, 0.05) is 48.9 Å². The molecule has 0 amide bonds. The van der Waals surface area contributed by atoms with Crippen molar-refractivity contribution in [3.63, 3.8) is 0 Å². The van der Waals surface area contributed by atoms with Crippen LogP contribution < -0.4 is 10.6 Å². The quantitative estimate of drug-likeness (QED) is 0.567. The highest BCUT2D eigenvalue weighted by Crippen LogP contribution is 2.37. The number of hydrogen-bond donors (Lipinski definition) is 2. The molecule has 2 unspecified atom stereocenters. The van der Waals surface area contributed by atoms with E-state index in [2.05, 4.69) is 58.1 Å². The first-order chi connectivity index (χ1) is 13.3. The zero-order valence-corrected chi connectivity index (χ0v) is 17.2. The Labute approximate surface area is 166 Å². The topological polar surface area (TPSA) is 52.6 Å². The first-order valence-electron chi connectivity index (χ1n) is 9.93. The average molecular weight is 386 g/mol. The molecule has 0 saturated carbocycles. The average Bonchev–Trinajstić information content (AvgIpc) is 3.21. The predicted octanol–water partition coefficient (Wildman–Crippen LogP) is 3.32. The van der Waals surface area contributed by atoms with Crippen molar-refractivity contribution in [3.05, 3.63) is 52.5 Å². The van der Waals surface area contributed by atoms with Crippen molar-refractivity contribution in [1.29, 1.82) is 0 Å². The third kappa shape index (κ3) is 5.78. The Morgan fingerprint density at radius 2 is 2.22 bits per heavy atom. The van der Waals surface area contributed by atoms with Crippen LogP contribution in [0.1, 0.15) is 36.4 Å². The lowest BCUT2D eigenvalue weighted by Crippen LogP contribution is -2.40. The lowest BCUT2D eigenvalue weighted by atomic mass is 9.88. The van der Waals surface area contributed by atoms with Crippen LogP contribution in [0.2, 0.25) is 0 Å². The van der Waals surface area contributed by atoms with Gasteiger partial charge in [-0.1, -0.05) is 12.1 Å². The first-order valence-corrected chi connectivity index (χ1v) is 10.8. The second-order valence-corrected chi connectivity index (χ2v) is 8.04. The van der Waals surface area contributed by atoms with Gasteiger partial charge < -0.3 is 10.6 Å². The van der Waals surface area contributed by atoms with E-state index in [0.717, 1.165) is 37.7 Å².